The van der Waals surface area contributed by atoms with Gasteiger partial charge in [0.2, 0.25) is 0 Å². The van der Waals surface area contributed by atoms with E-state index in [4.69, 9.17) is 8.22 Å². The largest absolute Gasteiger partial charge is 0.481 e. The topological polar surface area (TPSA) is 98.7 Å². The highest BCUT2D eigenvalue weighted by molar-refractivity contribution is 6.04. The average molecular weight is 454 g/mol. The van der Waals surface area contributed by atoms with Crippen molar-refractivity contribution in [2.24, 2.45) is 0 Å². The Balaban J connectivity index is 1.97. The molecule has 0 radical (unpaired) electrons. The van der Waals surface area contributed by atoms with Gasteiger partial charge in [-0.25, -0.2) is 9.97 Å². The zero-order chi connectivity index (χ0) is 29.1. The third-order valence-corrected chi connectivity index (χ3v) is 4.86. The van der Waals surface area contributed by atoms with Crippen LogP contribution in [-0.4, -0.2) is 55.0 Å². The lowest BCUT2D eigenvalue weighted by Gasteiger charge is -2.22. The highest BCUT2D eigenvalue weighted by Gasteiger charge is 2.20. The number of benzene rings is 2. The lowest BCUT2D eigenvalue weighted by molar-refractivity contribution is -0.136. The van der Waals surface area contributed by atoms with Crippen LogP contribution in [-0.2, 0) is 17.6 Å². The van der Waals surface area contributed by atoms with Crippen LogP contribution in [0.2, 0.25) is 0 Å². The summed E-state index contributed by atoms with van der Waals surface area (Å²) in [7, 11) is 3.17. The molecule has 8 nitrogen and oxygen atoms in total. The smallest absolute Gasteiger partial charge is 0.308 e. The van der Waals surface area contributed by atoms with Gasteiger partial charge < -0.3 is 20.2 Å². The van der Waals surface area contributed by atoms with Crippen molar-refractivity contribution in [2.75, 3.05) is 43.2 Å². The molecule has 0 unspecified atom stereocenters. The highest BCUT2D eigenvalue weighted by atomic mass is 16.4. The van der Waals surface area contributed by atoms with Gasteiger partial charge in [0.25, 0.3) is 5.91 Å². The van der Waals surface area contributed by atoms with Gasteiger partial charge in [-0.1, -0.05) is 29.8 Å². The van der Waals surface area contributed by atoms with Crippen molar-refractivity contribution < 1.29 is 22.9 Å². The van der Waals surface area contributed by atoms with Gasteiger partial charge in [0.15, 0.2) is 0 Å². The zero-order valence-electron chi connectivity index (χ0n) is 24.6. The van der Waals surface area contributed by atoms with Crippen LogP contribution in [0.1, 0.15) is 41.1 Å². The van der Waals surface area contributed by atoms with Crippen LogP contribution in [0.4, 0.5) is 17.3 Å². The van der Waals surface area contributed by atoms with Crippen LogP contribution >= 0.6 is 0 Å². The molecule has 0 atom stereocenters. The fraction of sp³-hybridized carbons (Fsp3) is 0.280. The van der Waals surface area contributed by atoms with Crippen LogP contribution in [0, 0.1) is 6.92 Å². The molecule has 1 aromatic heterocycles. The number of anilines is 3. The maximum Gasteiger partial charge on any atom is 0.308 e. The summed E-state index contributed by atoms with van der Waals surface area (Å²) in [6.07, 6.45) is -0.593. The second kappa shape index (κ2) is 10.1. The van der Waals surface area contributed by atoms with Gasteiger partial charge in [-0.15, -0.1) is 0 Å². The first-order valence-electron chi connectivity index (χ1n) is 13.1. The van der Waals surface area contributed by atoms with E-state index >= 15 is 0 Å². The lowest BCUT2D eigenvalue weighted by atomic mass is 10.1. The van der Waals surface area contributed by atoms with E-state index in [2.05, 4.69) is 15.3 Å². The third-order valence-electron chi connectivity index (χ3n) is 4.86. The molecular formula is C25H29N5O3. The first-order valence-corrected chi connectivity index (χ1v) is 10.1. The minimum absolute atomic E-state index is 0.0865. The lowest BCUT2D eigenvalue weighted by Crippen LogP contribution is -2.22. The van der Waals surface area contributed by atoms with Gasteiger partial charge >= 0.3 is 5.97 Å². The molecule has 0 fully saturated rings. The summed E-state index contributed by atoms with van der Waals surface area (Å²) in [5.41, 5.74) is 2.66. The van der Waals surface area contributed by atoms with Crippen molar-refractivity contribution in [3.05, 3.63) is 76.6 Å². The van der Waals surface area contributed by atoms with Gasteiger partial charge in [0.1, 0.15) is 17.5 Å². The van der Waals surface area contributed by atoms with Crippen molar-refractivity contribution >= 4 is 29.2 Å². The molecule has 172 valence electrons. The molecule has 2 aromatic carbocycles. The van der Waals surface area contributed by atoms with Gasteiger partial charge in [-0.05, 0) is 36.8 Å². The number of aryl methyl sites for hydroxylation is 1. The zero-order valence-corrected chi connectivity index (χ0v) is 18.6. The molecule has 1 amide bonds. The molecule has 8 heteroatoms. The van der Waals surface area contributed by atoms with E-state index < -0.39 is 32.2 Å². The maximum absolute atomic E-state index is 12.5. The molecule has 33 heavy (non-hydrogen) atoms. The van der Waals surface area contributed by atoms with Gasteiger partial charge in [0, 0.05) is 59.5 Å². The number of rotatable bonds is 8. The summed E-state index contributed by atoms with van der Waals surface area (Å²) in [5, 5.41) is 12.3. The highest BCUT2D eigenvalue weighted by Crippen LogP contribution is 2.27. The molecule has 3 rings (SSSR count). The number of nitrogens with one attached hydrogen (secondary N) is 1. The molecule has 3 aromatic rings. The van der Waals surface area contributed by atoms with E-state index in [0.717, 1.165) is 5.56 Å². The molecule has 0 saturated heterocycles. The minimum Gasteiger partial charge on any atom is -0.481 e. The monoisotopic (exact) mass is 453 g/mol. The maximum atomic E-state index is 12.5. The van der Waals surface area contributed by atoms with Gasteiger partial charge in [-0.3, -0.25) is 9.59 Å². The number of aromatic nitrogens is 2. The quantitative estimate of drug-likeness (QED) is 0.539. The van der Waals surface area contributed by atoms with Crippen LogP contribution in [0.5, 0.6) is 0 Å². The number of carboxylic acid groups (broad SMARTS) is 1. The van der Waals surface area contributed by atoms with Crippen LogP contribution in [0.3, 0.4) is 0 Å². The Kier molecular flexibility index (Phi) is 5.11. The van der Waals surface area contributed by atoms with Crippen LogP contribution in [0.25, 0.3) is 0 Å². The molecule has 0 saturated carbocycles. The van der Waals surface area contributed by atoms with E-state index in [1.54, 1.807) is 50.5 Å². The number of hydrogen-bond acceptors (Lipinski definition) is 6. The molecule has 0 bridgehead atoms. The predicted molar refractivity (Wildman–Crippen MR) is 130 cm³/mol. The van der Waals surface area contributed by atoms with Crippen molar-refractivity contribution in [1.82, 2.24) is 9.97 Å². The van der Waals surface area contributed by atoms with E-state index in [1.165, 1.54) is 4.90 Å². The Hall–Kier alpha value is -3.94. The van der Waals surface area contributed by atoms with Gasteiger partial charge in [-0.2, -0.15) is 0 Å². The summed E-state index contributed by atoms with van der Waals surface area (Å²) >= 11 is 0. The van der Waals surface area contributed by atoms with E-state index in [1.807, 2.05) is 19.1 Å². The first-order chi connectivity index (χ1) is 18.1. The van der Waals surface area contributed by atoms with Gasteiger partial charge in [0.05, 0.1) is 6.42 Å². The molecule has 2 N–H and O–H groups in total. The first kappa shape index (κ1) is 16.7. The summed E-state index contributed by atoms with van der Waals surface area (Å²) in [4.78, 5) is 34.4. The second-order valence-electron chi connectivity index (χ2n) is 7.76. The Morgan fingerprint density at radius 1 is 0.970 bits per heavy atom. The molecule has 0 spiro atoms. The fourth-order valence-electron chi connectivity index (χ4n) is 3.24. The number of hydrogen-bond donors (Lipinski definition) is 2. The molecule has 0 aliphatic heterocycles. The molecule has 0 aliphatic rings. The number of carbonyl (C=O) groups is 2. The number of nitrogens with zero attached hydrogens (tertiary/aromatic N) is 4. The average Bonchev–Trinajstić information content (AvgIpc) is 2.80. The SMILES string of the molecule is [2H]C([2H])([2H])N(c1nc(Cc2ccc(NC(=O)c3ccc(C)cc3)cc2)nc(N(C)C)c1CC(=O)O)C([2H])([2H])[2H]. The predicted octanol–water partition coefficient (Wildman–Crippen LogP) is 3.39. The van der Waals surface area contributed by atoms with Crippen molar-refractivity contribution in [1.29, 1.82) is 0 Å². The standard InChI is InChI=1S/C25H29N5O3/c1-16-6-10-18(11-7-16)25(33)26-19-12-8-17(9-13-19)14-21-27-23(29(2)3)20(15-22(31)32)24(28-21)30(4)5/h6-13H,14-15H2,1-5H3,(H,26,33)(H,31,32)/i2D3,3D3. The fourth-order valence-corrected chi connectivity index (χ4v) is 3.24. The van der Waals surface area contributed by atoms with Crippen LogP contribution < -0.4 is 15.1 Å². The number of carboxylic acids is 1. The van der Waals surface area contributed by atoms with Crippen LogP contribution in [0.15, 0.2) is 48.5 Å². The van der Waals surface area contributed by atoms with Crippen molar-refractivity contribution in [3.8, 4) is 0 Å². The molecule has 0 aliphatic carbocycles. The number of aliphatic carboxylic acids is 1. The van der Waals surface area contributed by atoms with E-state index in [0.29, 0.717) is 16.8 Å². The van der Waals surface area contributed by atoms with Crippen molar-refractivity contribution in [2.45, 2.75) is 19.8 Å². The summed E-state index contributed by atoms with van der Waals surface area (Å²) in [6.45, 7) is -4.34. The summed E-state index contributed by atoms with van der Waals surface area (Å²) in [6, 6.07) is 14.0. The Labute approximate surface area is 202 Å². The minimum atomic E-state index is -3.13. The molecule has 1 heterocycles. The second-order valence-corrected chi connectivity index (χ2v) is 7.76. The summed E-state index contributed by atoms with van der Waals surface area (Å²) in [5.74, 6) is -1.87. The molecular weight excluding hydrogens is 418 g/mol. The van der Waals surface area contributed by atoms with E-state index in [9.17, 15) is 14.7 Å². The summed E-state index contributed by atoms with van der Waals surface area (Å²) < 4.78 is 47.0. The number of amides is 1. The third kappa shape index (κ3) is 6.06. The van der Waals surface area contributed by atoms with Crippen molar-refractivity contribution in [3.63, 3.8) is 0 Å². The Morgan fingerprint density at radius 3 is 2.12 bits per heavy atom. The Morgan fingerprint density at radius 2 is 1.58 bits per heavy atom. The number of carbonyl (C=O) groups excluding carboxylic acids is 1. The van der Waals surface area contributed by atoms with E-state index in [-0.39, 0.29) is 34.4 Å². The Bertz CT molecular complexity index is 1330. The normalized spacial score (nSPS) is 14.0.